The van der Waals surface area contributed by atoms with Crippen molar-refractivity contribution in [1.82, 2.24) is 19.7 Å². The molecule has 0 spiro atoms. The Bertz CT molecular complexity index is 1590. The Morgan fingerprint density at radius 1 is 1.08 bits per heavy atom. The first-order valence-corrected chi connectivity index (χ1v) is 12.5. The van der Waals surface area contributed by atoms with Crippen LogP contribution in [0.15, 0.2) is 81.2 Å². The Morgan fingerprint density at radius 2 is 1.92 bits per heavy atom. The molecule has 0 saturated carbocycles. The molecule has 0 aliphatic heterocycles. The maximum absolute atomic E-state index is 12.6. The molecule has 0 unspecified atom stereocenters. The van der Waals surface area contributed by atoms with Crippen LogP contribution in [-0.2, 0) is 11.3 Å². The number of imidazole rings is 1. The lowest BCUT2D eigenvalue weighted by Crippen LogP contribution is -2.08. The van der Waals surface area contributed by atoms with Gasteiger partial charge in [-0.05, 0) is 41.3 Å². The second-order valence-electron chi connectivity index (χ2n) is 8.18. The standard InChI is InChI=1S/C27H24N4O4S/c1-3-14-36-26-28-22-11-7-10-20(25(32)34-2)23(22)31(26)16-17-12-13-19(18-8-5-4-6-9-18)21(15-17)24-29-27(33)35-30-24/h4-13,15H,3,14,16H2,1-2H3,(H,29,30,33). The van der Waals surface area contributed by atoms with Gasteiger partial charge in [0.15, 0.2) is 11.0 Å². The monoisotopic (exact) mass is 500 g/mol. The predicted octanol–water partition coefficient (Wildman–Crippen LogP) is 5.38. The van der Waals surface area contributed by atoms with E-state index in [9.17, 15) is 9.59 Å². The van der Waals surface area contributed by atoms with Gasteiger partial charge in [0.05, 0.1) is 30.3 Å². The molecule has 0 saturated heterocycles. The van der Waals surface area contributed by atoms with Crippen LogP contribution in [0.3, 0.4) is 0 Å². The number of aromatic amines is 1. The molecule has 2 heterocycles. The Labute approximate surface area is 211 Å². The van der Waals surface area contributed by atoms with Crippen molar-refractivity contribution in [3.8, 4) is 22.5 Å². The Balaban J connectivity index is 1.66. The van der Waals surface area contributed by atoms with Gasteiger partial charge in [0.1, 0.15) is 0 Å². The molecule has 0 fully saturated rings. The van der Waals surface area contributed by atoms with Crippen LogP contribution >= 0.6 is 11.8 Å². The molecule has 0 atom stereocenters. The molecule has 0 bridgehead atoms. The molecule has 9 heteroatoms. The van der Waals surface area contributed by atoms with E-state index >= 15 is 0 Å². The van der Waals surface area contributed by atoms with Crippen molar-refractivity contribution >= 4 is 28.8 Å². The highest BCUT2D eigenvalue weighted by molar-refractivity contribution is 7.99. The van der Waals surface area contributed by atoms with Crippen LogP contribution < -0.4 is 5.76 Å². The van der Waals surface area contributed by atoms with Gasteiger partial charge in [-0.15, -0.1) is 0 Å². The highest BCUT2D eigenvalue weighted by Gasteiger charge is 2.20. The second-order valence-corrected chi connectivity index (χ2v) is 9.25. The number of esters is 1. The molecular formula is C27H24N4O4S. The maximum Gasteiger partial charge on any atom is 0.439 e. The number of carbonyl (C=O) groups is 1. The quantitative estimate of drug-likeness (QED) is 0.225. The molecule has 0 amide bonds. The summed E-state index contributed by atoms with van der Waals surface area (Å²) in [5.74, 6) is 0.229. The highest BCUT2D eigenvalue weighted by atomic mass is 32.2. The number of aromatic nitrogens is 4. The third-order valence-corrected chi connectivity index (χ3v) is 6.96. The van der Waals surface area contributed by atoms with Gasteiger partial charge in [-0.3, -0.25) is 9.51 Å². The average Bonchev–Trinajstić information content (AvgIpc) is 3.50. The number of rotatable bonds is 8. The molecule has 0 aliphatic carbocycles. The Morgan fingerprint density at radius 3 is 2.64 bits per heavy atom. The lowest BCUT2D eigenvalue weighted by Gasteiger charge is -2.14. The zero-order valence-electron chi connectivity index (χ0n) is 19.9. The first kappa shape index (κ1) is 23.6. The number of hydrogen-bond acceptors (Lipinski definition) is 7. The van der Waals surface area contributed by atoms with E-state index in [1.807, 2.05) is 60.7 Å². The minimum Gasteiger partial charge on any atom is -0.465 e. The van der Waals surface area contributed by atoms with Crippen LogP contribution in [0.1, 0.15) is 29.3 Å². The minimum atomic E-state index is -0.615. The molecule has 0 radical (unpaired) electrons. The van der Waals surface area contributed by atoms with E-state index in [1.54, 1.807) is 17.8 Å². The number of thioether (sulfide) groups is 1. The molecule has 36 heavy (non-hydrogen) atoms. The summed E-state index contributed by atoms with van der Waals surface area (Å²) in [6.07, 6.45) is 0.993. The van der Waals surface area contributed by atoms with Crippen molar-refractivity contribution < 1.29 is 14.1 Å². The summed E-state index contributed by atoms with van der Waals surface area (Å²) in [6, 6.07) is 21.4. The Kier molecular flexibility index (Phi) is 6.73. The molecular weight excluding hydrogens is 476 g/mol. The van der Waals surface area contributed by atoms with Crippen LogP contribution in [0.25, 0.3) is 33.5 Å². The van der Waals surface area contributed by atoms with Crippen LogP contribution in [0.4, 0.5) is 0 Å². The number of nitrogens with one attached hydrogen (secondary N) is 1. The first-order valence-electron chi connectivity index (χ1n) is 11.5. The van der Waals surface area contributed by atoms with Crippen molar-refractivity contribution in [1.29, 1.82) is 0 Å². The largest absolute Gasteiger partial charge is 0.465 e. The van der Waals surface area contributed by atoms with E-state index in [0.717, 1.165) is 50.6 Å². The topological polar surface area (TPSA) is 103 Å². The van der Waals surface area contributed by atoms with Crippen molar-refractivity contribution in [2.45, 2.75) is 25.0 Å². The van der Waals surface area contributed by atoms with E-state index in [4.69, 9.17) is 14.2 Å². The average molecular weight is 501 g/mol. The van der Waals surface area contributed by atoms with Gasteiger partial charge >= 0.3 is 11.7 Å². The molecule has 5 aromatic rings. The van der Waals surface area contributed by atoms with E-state index in [-0.39, 0.29) is 0 Å². The van der Waals surface area contributed by atoms with Gasteiger partial charge in [0, 0.05) is 11.3 Å². The smallest absolute Gasteiger partial charge is 0.439 e. The zero-order chi connectivity index (χ0) is 25.1. The molecule has 0 aliphatic rings. The lowest BCUT2D eigenvalue weighted by atomic mass is 9.97. The number of methoxy groups -OCH3 is 1. The van der Waals surface area contributed by atoms with E-state index in [0.29, 0.717) is 17.9 Å². The minimum absolute atomic E-state index is 0.354. The molecule has 1 N–H and O–H groups in total. The van der Waals surface area contributed by atoms with Gasteiger partial charge in [-0.25, -0.2) is 14.6 Å². The third kappa shape index (κ3) is 4.57. The molecule has 5 rings (SSSR count). The van der Waals surface area contributed by atoms with E-state index < -0.39 is 11.7 Å². The third-order valence-electron chi connectivity index (χ3n) is 5.78. The van der Waals surface area contributed by atoms with Crippen LogP contribution in [0, 0.1) is 0 Å². The van der Waals surface area contributed by atoms with Crippen molar-refractivity contribution in [3.63, 3.8) is 0 Å². The summed E-state index contributed by atoms with van der Waals surface area (Å²) in [5.41, 5.74) is 5.52. The van der Waals surface area contributed by atoms with Crippen LogP contribution in [0.5, 0.6) is 0 Å². The fourth-order valence-electron chi connectivity index (χ4n) is 4.17. The summed E-state index contributed by atoms with van der Waals surface area (Å²) in [4.78, 5) is 31.8. The lowest BCUT2D eigenvalue weighted by molar-refractivity contribution is 0.0602. The number of H-pyrrole nitrogens is 1. The summed E-state index contributed by atoms with van der Waals surface area (Å²) < 4.78 is 11.9. The van der Waals surface area contributed by atoms with Gasteiger partial charge in [-0.1, -0.05) is 72.4 Å². The fourth-order valence-corrected chi connectivity index (χ4v) is 5.03. The summed E-state index contributed by atoms with van der Waals surface area (Å²) in [6.45, 7) is 2.58. The second kappa shape index (κ2) is 10.2. The van der Waals surface area contributed by atoms with E-state index in [2.05, 4.69) is 21.6 Å². The molecule has 182 valence electrons. The fraction of sp³-hybridized carbons (Fsp3) is 0.185. The van der Waals surface area contributed by atoms with E-state index in [1.165, 1.54) is 7.11 Å². The summed E-state index contributed by atoms with van der Waals surface area (Å²) >= 11 is 1.65. The Hall–Kier alpha value is -4.11. The van der Waals surface area contributed by atoms with Crippen molar-refractivity contribution in [2.24, 2.45) is 0 Å². The summed E-state index contributed by atoms with van der Waals surface area (Å²) in [5, 5.41) is 4.76. The van der Waals surface area contributed by atoms with Crippen LogP contribution in [-0.4, -0.2) is 38.5 Å². The van der Waals surface area contributed by atoms with Gasteiger partial charge in [0.25, 0.3) is 0 Å². The van der Waals surface area contributed by atoms with Gasteiger partial charge < -0.3 is 9.30 Å². The summed E-state index contributed by atoms with van der Waals surface area (Å²) in [7, 11) is 1.38. The van der Waals surface area contributed by atoms with Gasteiger partial charge in [0.2, 0.25) is 0 Å². The maximum atomic E-state index is 12.6. The SMILES string of the molecule is CCCSc1nc2cccc(C(=O)OC)c2n1Cc1ccc(-c2ccccc2)c(-c2noc(=O)[nH]2)c1. The molecule has 8 nitrogen and oxygen atoms in total. The number of para-hydroxylation sites is 1. The van der Waals surface area contributed by atoms with Crippen molar-refractivity contribution in [2.75, 3.05) is 12.9 Å². The normalized spacial score (nSPS) is 11.2. The predicted molar refractivity (Wildman–Crippen MR) is 139 cm³/mol. The number of hydrogen-bond donors (Lipinski definition) is 1. The number of carbonyl (C=O) groups excluding carboxylic acids is 1. The van der Waals surface area contributed by atoms with Crippen LogP contribution in [0.2, 0.25) is 0 Å². The molecule has 3 aromatic carbocycles. The van der Waals surface area contributed by atoms with Crippen molar-refractivity contribution in [3.05, 3.63) is 88.4 Å². The van der Waals surface area contributed by atoms with Gasteiger partial charge in [-0.2, -0.15) is 0 Å². The number of fused-ring (bicyclic) bond motifs is 1. The number of ether oxygens (including phenoxy) is 1. The first-order chi connectivity index (χ1) is 17.6. The zero-order valence-corrected chi connectivity index (χ0v) is 20.7. The number of benzene rings is 3. The highest BCUT2D eigenvalue weighted by Crippen LogP contribution is 2.33. The molecule has 2 aromatic heterocycles. The number of nitrogens with zero attached hydrogens (tertiary/aromatic N) is 3.